The number of benzene rings is 3. The molecule has 0 amide bonds. The van der Waals surface area contributed by atoms with Gasteiger partial charge in [0.25, 0.3) is 0 Å². The average Bonchev–Trinajstić information content (AvgIpc) is 2.52. The summed E-state index contributed by atoms with van der Waals surface area (Å²) in [5, 5.41) is 8.63. The molecule has 3 aromatic carbocycles. The summed E-state index contributed by atoms with van der Waals surface area (Å²) in [5.41, 5.74) is 6.78. The third kappa shape index (κ3) is 3.98. The molecule has 112 valence electrons. The number of rotatable bonds is 1. The molecule has 1 nitrogen and oxygen atoms in total. The molecule has 0 saturated heterocycles. The molecule has 0 aliphatic carbocycles. The largest absolute Gasteiger partial charge is 0.508 e. The molecule has 3 rings (SSSR count). The topological polar surface area (TPSA) is 20.2 Å². The first-order valence-corrected chi connectivity index (χ1v) is 7.46. The van der Waals surface area contributed by atoms with Gasteiger partial charge >= 0.3 is 0 Å². The molecule has 0 fully saturated rings. The fraction of sp³-hybridized carbons (Fsp3) is 0.143. The Morgan fingerprint density at radius 1 is 0.545 bits per heavy atom. The van der Waals surface area contributed by atoms with E-state index in [1.165, 1.54) is 27.8 Å². The molecular formula is C21H22O. The highest BCUT2D eigenvalue weighted by Gasteiger charge is 2.04. The zero-order chi connectivity index (χ0) is 15.9. The smallest absolute Gasteiger partial charge is 0.115 e. The van der Waals surface area contributed by atoms with Gasteiger partial charge in [-0.2, -0.15) is 0 Å². The van der Waals surface area contributed by atoms with Crippen LogP contribution in [0.5, 0.6) is 5.75 Å². The van der Waals surface area contributed by atoms with E-state index in [2.05, 4.69) is 63.2 Å². The van der Waals surface area contributed by atoms with Crippen LogP contribution in [0.25, 0.3) is 11.1 Å². The van der Waals surface area contributed by atoms with Crippen LogP contribution in [0.2, 0.25) is 0 Å². The van der Waals surface area contributed by atoms with E-state index >= 15 is 0 Å². The Hall–Kier alpha value is -2.54. The second-order valence-corrected chi connectivity index (χ2v) is 5.40. The average molecular weight is 290 g/mol. The Morgan fingerprint density at radius 3 is 1.68 bits per heavy atom. The standard InChI is InChI=1S/C15H16.C6H6O/c1-11-8-6-10-15(13(11)3)14-9-5-4-7-12(14)2;7-6-4-2-1-3-5-6/h4-10H,1-3H3;1-5,7H. The zero-order valence-corrected chi connectivity index (χ0v) is 13.4. The van der Waals surface area contributed by atoms with E-state index in [4.69, 9.17) is 5.11 Å². The van der Waals surface area contributed by atoms with Gasteiger partial charge in [-0.25, -0.2) is 0 Å². The third-order valence-corrected chi connectivity index (χ3v) is 3.80. The lowest BCUT2D eigenvalue weighted by atomic mass is 9.94. The molecule has 0 radical (unpaired) electrons. The van der Waals surface area contributed by atoms with Gasteiger partial charge in [-0.05, 0) is 60.7 Å². The number of phenols is 1. The van der Waals surface area contributed by atoms with E-state index in [-0.39, 0.29) is 0 Å². The van der Waals surface area contributed by atoms with Gasteiger partial charge in [0.05, 0.1) is 0 Å². The van der Waals surface area contributed by atoms with Crippen molar-refractivity contribution >= 4 is 0 Å². The number of aryl methyl sites for hydroxylation is 2. The van der Waals surface area contributed by atoms with Crippen LogP contribution >= 0.6 is 0 Å². The number of phenolic OH excluding ortho intramolecular Hbond substituents is 1. The Kier molecular flexibility index (Phi) is 5.37. The van der Waals surface area contributed by atoms with Crippen molar-refractivity contribution in [3.05, 3.63) is 89.5 Å². The van der Waals surface area contributed by atoms with Gasteiger partial charge in [0.1, 0.15) is 5.75 Å². The Balaban J connectivity index is 0.000000211. The Labute approximate surface area is 132 Å². The molecule has 0 spiro atoms. The molecule has 0 saturated carbocycles. The normalized spacial score (nSPS) is 9.77. The molecule has 22 heavy (non-hydrogen) atoms. The van der Waals surface area contributed by atoms with Crippen molar-refractivity contribution in [1.29, 1.82) is 0 Å². The summed E-state index contributed by atoms with van der Waals surface area (Å²) in [7, 11) is 0. The summed E-state index contributed by atoms with van der Waals surface area (Å²) >= 11 is 0. The van der Waals surface area contributed by atoms with Crippen LogP contribution in [0.1, 0.15) is 16.7 Å². The van der Waals surface area contributed by atoms with Crippen molar-refractivity contribution in [1.82, 2.24) is 0 Å². The number of para-hydroxylation sites is 1. The van der Waals surface area contributed by atoms with Crippen molar-refractivity contribution in [2.75, 3.05) is 0 Å². The van der Waals surface area contributed by atoms with Gasteiger partial charge in [-0.1, -0.05) is 60.7 Å². The highest BCUT2D eigenvalue weighted by Crippen LogP contribution is 2.27. The Morgan fingerprint density at radius 2 is 1.09 bits per heavy atom. The molecule has 0 aliphatic heterocycles. The van der Waals surface area contributed by atoms with Crippen LogP contribution in [0.4, 0.5) is 0 Å². The first-order valence-electron chi connectivity index (χ1n) is 7.46. The van der Waals surface area contributed by atoms with Crippen molar-refractivity contribution < 1.29 is 5.11 Å². The SMILES string of the molecule is Cc1ccccc1-c1cccc(C)c1C.Oc1ccccc1. The van der Waals surface area contributed by atoms with Gasteiger partial charge in [0.15, 0.2) is 0 Å². The summed E-state index contributed by atoms with van der Waals surface area (Å²) in [5.74, 6) is 0.322. The lowest BCUT2D eigenvalue weighted by Crippen LogP contribution is -1.88. The van der Waals surface area contributed by atoms with Crippen molar-refractivity contribution in [2.24, 2.45) is 0 Å². The summed E-state index contributed by atoms with van der Waals surface area (Å²) in [4.78, 5) is 0. The van der Waals surface area contributed by atoms with Gasteiger partial charge in [-0.15, -0.1) is 0 Å². The van der Waals surface area contributed by atoms with E-state index in [0.717, 1.165) is 0 Å². The van der Waals surface area contributed by atoms with Crippen molar-refractivity contribution in [3.8, 4) is 16.9 Å². The predicted octanol–water partition coefficient (Wildman–Crippen LogP) is 5.67. The highest BCUT2D eigenvalue weighted by molar-refractivity contribution is 5.71. The maximum Gasteiger partial charge on any atom is 0.115 e. The van der Waals surface area contributed by atoms with E-state index in [9.17, 15) is 0 Å². The minimum absolute atomic E-state index is 0.322. The van der Waals surface area contributed by atoms with Crippen LogP contribution in [0.15, 0.2) is 72.8 Å². The van der Waals surface area contributed by atoms with Gasteiger partial charge in [-0.3, -0.25) is 0 Å². The van der Waals surface area contributed by atoms with Gasteiger partial charge < -0.3 is 5.11 Å². The quantitative estimate of drug-likeness (QED) is 0.612. The molecule has 0 aliphatic rings. The molecule has 0 heterocycles. The lowest BCUT2D eigenvalue weighted by molar-refractivity contribution is 0.475. The zero-order valence-electron chi connectivity index (χ0n) is 13.4. The van der Waals surface area contributed by atoms with Gasteiger partial charge in [0.2, 0.25) is 0 Å². The maximum atomic E-state index is 8.63. The fourth-order valence-electron chi connectivity index (χ4n) is 2.35. The Bertz CT molecular complexity index is 730. The first-order chi connectivity index (χ1) is 10.6. The monoisotopic (exact) mass is 290 g/mol. The van der Waals surface area contributed by atoms with Crippen LogP contribution in [-0.4, -0.2) is 5.11 Å². The van der Waals surface area contributed by atoms with Gasteiger partial charge in [0, 0.05) is 0 Å². The van der Waals surface area contributed by atoms with E-state index < -0.39 is 0 Å². The predicted molar refractivity (Wildman–Crippen MR) is 94.2 cm³/mol. The fourth-order valence-corrected chi connectivity index (χ4v) is 2.35. The minimum Gasteiger partial charge on any atom is -0.508 e. The molecule has 0 aromatic heterocycles. The first kappa shape index (κ1) is 15.8. The van der Waals surface area contributed by atoms with Crippen LogP contribution in [0, 0.1) is 20.8 Å². The molecule has 0 bridgehead atoms. The summed E-state index contributed by atoms with van der Waals surface area (Å²) < 4.78 is 0. The molecular weight excluding hydrogens is 268 g/mol. The molecule has 3 aromatic rings. The number of hydrogen-bond acceptors (Lipinski definition) is 1. The van der Waals surface area contributed by atoms with Crippen LogP contribution in [-0.2, 0) is 0 Å². The summed E-state index contributed by atoms with van der Waals surface area (Å²) in [6.45, 7) is 6.52. The summed E-state index contributed by atoms with van der Waals surface area (Å²) in [6, 6.07) is 23.7. The molecule has 0 atom stereocenters. The second kappa shape index (κ2) is 7.46. The van der Waals surface area contributed by atoms with Crippen LogP contribution in [0.3, 0.4) is 0 Å². The molecule has 0 unspecified atom stereocenters. The minimum atomic E-state index is 0.322. The highest BCUT2D eigenvalue weighted by atomic mass is 16.3. The third-order valence-electron chi connectivity index (χ3n) is 3.80. The van der Waals surface area contributed by atoms with E-state index in [0.29, 0.717) is 5.75 Å². The molecule has 1 N–H and O–H groups in total. The maximum absolute atomic E-state index is 8.63. The second-order valence-electron chi connectivity index (χ2n) is 5.40. The summed E-state index contributed by atoms with van der Waals surface area (Å²) in [6.07, 6.45) is 0. The molecule has 1 heteroatoms. The van der Waals surface area contributed by atoms with E-state index in [1.807, 2.05) is 6.07 Å². The van der Waals surface area contributed by atoms with E-state index in [1.54, 1.807) is 24.3 Å². The number of hydrogen-bond donors (Lipinski definition) is 1. The van der Waals surface area contributed by atoms with Crippen molar-refractivity contribution in [3.63, 3.8) is 0 Å². The lowest BCUT2D eigenvalue weighted by Gasteiger charge is -2.10. The number of aromatic hydroxyl groups is 1. The van der Waals surface area contributed by atoms with Crippen molar-refractivity contribution in [2.45, 2.75) is 20.8 Å². The van der Waals surface area contributed by atoms with Crippen LogP contribution < -0.4 is 0 Å².